The first-order valence-electron chi connectivity index (χ1n) is 6.36. The Morgan fingerprint density at radius 3 is 2.58 bits per heavy atom. The normalized spacial score (nSPS) is 11.9. The number of rotatable bonds is 2. The second kappa shape index (κ2) is 7.09. The molecule has 0 spiro atoms. The summed E-state index contributed by atoms with van der Waals surface area (Å²) in [4.78, 5) is 17.0. The zero-order valence-electron chi connectivity index (χ0n) is 11.6. The molecule has 24 heavy (non-hydrogen) atoms. The second-order valence-corrected chi connectivity index (χ2v) is 8.70. The SMILES string of the molecule is C#CCn1c(=NC(=O)c2cc(Cl)sc2Cl)sc2cc(Cl)cc(Cl)c21. The molecule has 0 radical (unpaired) electrons. The third-order valence-electron chi connectivity index (χ3n) is 3.03. The first kappa shape index (κ1) is 17.8. The van der Waals surface area contributed by atoms with Gasteiger partial charge in [0, 0.05) is 5.02 Å². The van der Waals surface area contributed by atoms with Crippen molar-refractivity contribution in [3.05, 3.63) is 47.3 Å². The lowest BCUT2D eigenvalue weighted by molar-refractivity contribution is 0.0998. The van der Waals surface area contributed by atoms with Crippen molar-refractivity contribution in [3.8, 4) is 12.3 Å². The van der Waals surface area contributed by atoms with Crippen molar-refractivity contribution in [2.24, 2.45) is 4.99 Å². The highest BCUT2D eigenvalue weighted by Crippen LogP contribution is 2.32. The monoisotopic (exact) mass is 434 g/mol. The summed E-state index contributed by atoms with van der Waals surface area (Å²) < 4.78 is 3.18. The van der Waals surface area contributed by atoms with Gasteiger partial charge in [-0.05, 0) is 18.2 Å². The zero-order valence-corrected chi connectivity index (χ0v) is 16.3. The van der Waals surface area contributed by atoms with E-state index in [1.165, 1.54) is 17.4 Å². The van der Waals surface area contributed by atoms with Gasteiger partial charge >= 0.3 is 0 Å². The van der Waals surface area contributed by atoms with Gasteiger partial charge < -0.3 is 4.57 Å². The van der Waals surface area contributed by atoms with Crippen LogP contribution >= 0.6 is 69.1 Å². The number of hydrogen-bond acceptors (Lipinski definition) is 3. The van der Waals surface area contributed by atoms with Crippen LogP contribution in [0.5, 0.6) is 0 Å². The van der Waals surface area contributed by atoms with E-state index in [4.69, 9.17) is 52.8 Å². The number of hydrogen-bond donors (Lipinski definition) is 0. The molecule has 1 amide bonds. The molecule has 0 fully saturated rings. The lowest BCUT2D eigenvalue weighted by Crippen LogP contribution is -2.16. The first-order valence-corrected chi connectivity index (χ1v) is 9.51. The van der Waals surface area contributed by atoms with Gasteiger partial charge in [0.25, 0.3) is 5.91 Å². The minimum Gasteiger partial charge on any atom is -0.303 e. The van der Waals surface area contributed by atoms with Crippen molar-refractivity contribution in [1.29, 1.82) is 0 Å². The second-order valence-electron chi connectivity index (χ2n) is 4.56. The number of nitrogens with zero attached hydrogens (tertiary/aromatic N) is 2. The van der Waals surface area contributed by atoms with Gasteiger partial charge in [-0.1, -0.05) is 63.7 Å². The largest absolute Gasteiger partial charge is 0.303 e. The molecule has 3 rings (SSSR count). The van der Waals surface area contributed by atoms with E-state index in [0.717, 1.165) is 16.0 Å². The molecule has 3 nitrogen and oxygen atoms in total. The van der Waals surface area contributed by atoms with Crippen molar-refractivity contribution in [3.63, 3.8) is 0 Å². The number of halogens is 4. The van der Waals surface area contributed by atoms with E-state index in [1.807, 2.05) is 0 Å². The van der Waals surface area contributed by atoms with E-state index < -0.39 is 5.91 Å². The summed E-state index contributed by atoms with van der Waals surface area (Å²) in [5, 5.41) is 0.932. The Kier molecular flexibility index (Phi) is 5.26. The minimum absolute atomic E-state index is 0.214. The van der Waals surface area contributed by atoms with Gasteiger partial charge in [0.1, 0.15) is 4.34 Å². The Hall–Kier alpha value is -1.000. The number of terminal acetylenes is 1. The number of carbonyl (C=O) groups is 1. The molecule has 2 heterocycles. The number of fused-ring (bicyclic) bond motifs is 1. The third-order valence-corrected chi connectivity index (χ3v) is 6.05. The van der Waals surface area contributed by atoms with Crippen molar-refractivity contribution >= 4 is 85.2 Å². The molecule has 0 bridgehead atoms. The zero-order chi connectivity index (χ0) is 17.4. The molecule has 2 aromatic heterocycles. The lowest BCUT2D eigenvalue weighted by atomic mass is 10.3. The van der Waals surface area contributed by atoms with Gasteiger partial charge in [-0.15, -0.1) is 17.8 Å². The number of thiophene rings is 1. The summed E-state index contributed by atoms with van der Waals surface area (Å²) in [6.07, 6.45) is 5.43. The highest BCUT2D eigenvalue weighted by atomic mass is 35.5. The number of benzene rings is 1. The quantitative estimate of drug-likeness (QED) is 0.471. The number of aromatic nitrogens is 1. The van der Waals surface area contributed by atoms with Gasteiger partial charge in [-0.3, -0.25) is 4.79 Å². The Morgan fingerprint density at radius 1 is 1.21 bits per heavy atom. The molecule has 0 N–H and O–H groups in total. The molecular weight excluding hydrogens is 430 g/mol. The van der Waals surface area contributed by atoms with Crippen molar-refractivity contribution < 1.29 is 4.79 Å². The third kappa shape index (κ3) is 3.36. The Balaban J connectivity index is 2.23. The topological polar surface area (TPSA) is 34.4 Å². The molecule has 0 atom stereocenters. The van der Waals surface area contributed by atoms with E-state index >= 15 is 0 Å². The van der Waals surface area contributed by atoms with Gasteiger partial charge in [0.2, 0.25) is 0 Å². The van der Waals surface area contributed by atoms with Gasteiger partial charge in [-0.25, -0.2) is 0 Å². The average molecular weight is 436 g/mol. The maximum absolute atomic E-state index is 12.4. The highest BCUT2D eigenvalue weighted by Gasteiger charge is 2.16. The predicted molar refractivity (Wildman–Crippen MR) is 103 cm³/mol. The van der Waals surface area contributed by atoms with E-state index in [1.54, 1.807) is 16.7 Å². The van der Waals surface area contributed by atoms with Gasteiger partial charge in [0.05, 0.1) is 31.7 Å². The fourth-order valence-electron chi connectivity index (χ4n) is 2.09. The van der Waals surface area contributed by atoms with E-state index in [2.05, 4.69) is 10.9 Å². The summed E-state index contributed by atoms with van der Waals surface area (Å²) in [7, 11) is 0. The van der Waals surface area contributed by atoms with Crippen LogP contribution in [0.2, 0.25) is 18.7 Å². The summed E-state index contributed by atoms with van der Waals surface area (Å²) >= 11 is 26.6. The van der Waals surface area contributed by atoms with E-state index in [9.17, 15) is 4.79 Å². The summed E-state index contributed by atoms with van der Waals surface area (Å²) in [6, 6.07) is 4.85. The fourth-order valence-corrected chi connectivity index (χ4v) is 5.34. The average Bonchev–Trinajstić information content (AvgIpc) is 2.99. The molecule has 122 valence electrons. The first-order chi connectivity index (χ1) is 11.4. The van der Waals surface area contributed by atoms with Crippen molar-refractivity contribution in [2.75, 3.05) is 0 Å². The molecule has 0 unspecified atom stereocenters. The summed E-state index contributed by atoms with van der Waals surface area (Å²) in [6.45, 7) is 0.214. The highest BCUT2D eigenvalue weighted by molar-refractivity contribution is 7.20. The van der Waals surface area contributed by atoms with Gasteiger partial charge in [0.15, 0.2) is 4.80 Å². The van der Waals surface area contributed by atoms with Crippen LogP contribution in [0.4, 0.5) is 0 Å². The number of amides is 1. The molecular formula is C15H6Cl4N2OS2. The summed E-state index contributed by atoms with van der Waals surface area (Å²) in [5.41, 5.74) is 0.936. The van der Waals surface area contributed by atoms with Crippen LogP contribution in [-0.4, -0.2) is 10.5 Å². The summed E-state index contributed by atoms with van der Waals surface area (Å²) in [5.74, 6) is 2.04. The molecule has 0 saturated carbocycles. The van der Waals surface area contributed by atoms with Crippen LogP contribution in [0.25, 0.3) is 10.2 Å². The maximum atomic E-state index is 12.4. The van der Waals surface area contributed by atoms with Crippen LogP contribution in [0.15, 0.2) is 23.2 Å². The Bertz CT molecular complexity index is 1070. The van der Waals surface area contributed by atoms with Crippen LogP contribution in [0.1, 0.15) is 10.4 Å². The molecule has 0 saturated heterocycles. The van der Waals surface area contributed by atoms with Crippen LogP contribution in [0, 0.1) is 12.3 Å². The molecule has 0 aliphatic carbocycles. The van der Waals surface area contributed by atoms with Crippen molar-refractivity contribution in [2.45, 2.75) is 6.54 Å². The molecule has 0 aliphatic rings. The lowest BCUT2D eigenvalue weighted by Gasteiger charge is -2.02. The van der Waals surface area contributed by atoms with Gasteiger partial charge in [-0.2, -0.15) is 4.99 Å². The number of thiazole rings is 1. The smallest absolute Gasteiger partial charge is 0.282 e. The maximum Gasteiger partial charge on any atom is 0.282 e. The Labute approximate surface area is 165 Å². The van der Waals surface area contributed by atoms with E-state index in [-0.39, 0.29) is 12.1 Å². The Morgan fingerprint density at radius 2 is 1.96 bits per heavy atom. The van der Waals surface area contributed by atoms with Crippen LogP contribution in [-0.2, 0) is 6.54 Å². The standard InChI is InChI=1S/C15H6Cl4N2OS2/c1-2-3-21-12-9(17)4-7(16)5-10(12)23-15(21)20-14(22)8-6-11(18)24-13(8)19/h1,4-6H,3H2. The fraction of sp³-hybridized carbons (Fsp3) is 0.0667. The van der Waals surface area contributed by atoms with E-state index in [0.29, 0.717) is 29.0 Å². The minimum atomic E-state index is -0.498. The molecule has 0 aliphatic heterocycles. The molecule has 3 aromatic rings. The predicted octanol–water partition coefficient (Wildman–Crippen LogP) is 5.75. The molecule has 1 aromatic carbocycles. The number of carbonyl (C=O) groups excluding carboxylic acids is 1. The molecule has 9 heteroatoms. The van der Waals surface area contributed by atoms with Crippen LogP contribution < -0.4 is 4.80 Å². The van der Waals surface area contributed by atoms with Crippen LogP contribution in [0.3, 0.4) is 0 Å². The van der Waals surface area contributed by atoms with Crippen molar-refractivity contribution in [1.82, 2.24) is 4.57 Å².